The fourth-order valence-electron chi connectivity index (χ4n) is 2.76. The first-order valence-electron chi connectivity index (χ1n) is 8.17. The Hall–Kier alpha value is -2.09. The molecule has 0 amide bonds. The van der Waals surface area contributed by atoms with Crippen LogP contribution in [0.25, 0.3) is 11.1 Å². The topological polar surface area (TPSA) is 15.6 Å². The number of hydrogen-bond acceptors (Lipinski definition) is 1. The van der Waals surface area contributed by atoms with Crippen LogP contribution in [0.5, 0.6) is 0 Å². The van der Waals surface area contributed by atoms with Crippen LogP contribution in [0.15, 0.2) is 59.6 Å². The highest BCUT2D eigenvalue weighted by Gasteiger charge is 2.11. The second-order valence-electron chi connectivity index (χ2n) is 5.48. The van der Waals surface area contributed by atoms with Gasteiger partial charge in [0.25, 0.3) is 0 Å². The third-order valence-electron chi connectivity index (χ3n) is 3.75. The van der Waals surface area contributed by atoms with Gasteiger partial charge in [-0.15, -0.1) is 0 Å². The molecule has 0 heterocycles. The summed E-state index contributed by atoms with van der Waals surface area (Å²) in [5.41, 5.74) is 3.70. The van der Waals surface area contributed by atoms with E-state index in [1.54, 1.807) is 0 Å². The molecule has 2 aromatic rings. The minimum atomic E-state index is 1.06. The summed E-state index contributed by atoms with van der Waals surface area (Å²) < 4.78 is 0. The van der Waals surface area contributed by atoms with Gasteiger partial charge in [-0.05, 0) is 24.0 Å². The number of nitrogens with zero attached hydrogens (tertiary/aromatic N) is 2. The molecule has 0 saturated heterocycles. The van der Waals surface area contributed by atoms with Crippen LogP contribution in [0.4, 0.5) is 0 Å². The Morgan fingerprint density at radius 1 is 0.818 bits per heavy atom. The zero-order valence-electron chi connectivity index (χ0n) is 13.9. The number of benzene rings is 2. The van der Waals surface area contributed by atoms with Gasteiger partial charge in [-0.3, -0.25) is 4.99 Å². The number of hydrogen-bond donors (Lipinski definition) is 0. The Balaban J connectivity index is 2.24. The van der Waals surface area contributed by atoms with Gasteiger partial charge in [0.05, 0.1) is 0 Å². The second kappa shape index (κ2) is 8.38. The molecule has 0 aromatic heterocycles. The van der Waals surface area contributed by atoms with Crippen LogP contribution in [-0.4, -0.2) is 30.9 Å². The van der Waals surface area contributed by atoms with Gasteiger partial charge in [-0.1, -0.05) is 68.4 Å². The van der Waals surface area contributed by atoms with Gasteiger partial charge in [-0.2, -0.15) is 0 Å². The lowest BCUT2D eigenvalue weighted by atomic mass is 10.0. The van der Waals surface area contributed by atoms with Crippen molar-refractivity contribution in [3.05, 3.63) is 60.2 Å². The predicted molar refractivity (Wildman–Crippen MR) is 96.5 cm³/mol. The predicted octanol–water partition coefficient (Wildman–Crippen LogP) is 4.85. The fourth-order valence-corrected chi connectivity index (χ4v) is 2.76. The van der Waals surface area contributed by atoms with E-state index in [0.717, 1.165) is 31.8 Å². The molecule has 116 valence electrons. The maximum atomic E-state index is 4.54. The summed E-state index contributed by atoms with van der Waals surface area (Å²) in [5, 5.41) is 0. The first-order valence-corrected chi connectivity index (χ1v) is 8.17. The average molecular weight is 294 g/mol. The molecule has 0 bridgehead atoms. The molecule has 0 saturated carbocycles. The van der Waals surface area contributed by atoms with E-state index in [9.17, 15) is 0 Å². The van der Waals surface area contributed by atoms with Crippen LogP contribution in [-0.2, 0) is 0 Å². The molecule has 0 spiro atoms. The van der Waals surface area contributed by atoms with Crippen molar-refractivity contribution in [2.24, 2.45) is 4.99 Å². The van der Waals surface area contributed by atoms with Gasteiger partial charge in [0.1, 0.15) is 5.84 Å². The Morgan fingerprint density at radius 3 is 1.86 bits per heavy atom. The minimum Gasteiger partial charge on any atom is -0.356 e. The van der Waals surface area contributed by atoms with Crippen molar-refractivity contribution in [1.29, 1.82) is 0 Å². The SMILES string of the molecule is CCCN(CCC)C(=NC)c1ccc(-c2ccccc2)cc1. The first kappa shape index (κ1) is 16.3. The molecular formula is C20H26N2. The maximum Gasteiger partial charge on any atom is 0.130 e. The van der Waals surface area contributed by atoms with Gasteiger partial charge >= 0.3 is 0 Å². The number of aliphatic imine (C=N–C) groups is 1. The van der Waals surface area contributed by atoms with E-state index in [1.807, 2.05) is 13.1 Å². The highest BCUT2D eigenvalue weighted by atomic mass is 15.2. The van der Waals surface area contributed by atoms with E-state index in [2.05, 4.69) is 72.3 Å². The lowest BCUT2D eigenvalue weighted by Crippen LogP contribution is -2.33. The molecule has 22 heavy (non-hydrogen) atoms. The summed E-state index contributed by atoms with van der Waals surface area (Å²) in [7, 11) is 1.89. The molecule has 0 fully saturated rings. The van der Waals surface area contributed by atoms with Crippen molar-refractivity contribution in [2.45, 2.75) is 26.7 Å². The number of rotatable bonds is 6. The maximum absolute atomic E-state index is 4.54. The highest BCUT2D eigenvalue weighted by Crippen LogP contribution is 2.20. The summed E-state index contributed by atoms with van der Waals surface area (Å²) in [5.74, 6) is 1.10. The first-order chi connectivity index (χ1) is 10.8. The van der Waals surface area contributed by atoms with E-state index >= 15 is 0 Å². The zero-order chi connectivity index (χ0) is 15.8. The molecule has 2 rings (SSSR count). The van der Waals surface area contributed by atoms with Gasteiger partial charge in [0.15, 0.2) is 0 Å². The van der Waals surface area contributed by atoms with E-state index in [4.69, 9.17) is 0 Å². The third kappa shape index (κ3) is 3.97. The van der Waals surface area contributed by atoms with Crippen LogP contribution in [0.3, 0.4) is 0 Å². The van der Waals surface area contributed by atoms with Crippen molar-refractivity contribution in [1.82, 2.24) is 4.90 Å². The lowest BCUT2D eigenvalue weighted by molar-refractivity contribution is 0.417. The summed E-state index contributed by atoms with van der Waals surface area (Å²) in [6.07, 6.45) is 2.28. The normalized spacial score (nSPS) is 11.5. The quantitative estimate of drug-likeness (QED) is 0.549. The highest BCUT2D eigenvalue weighted by molar-refractivity contribution is 5.99. The van der Waals surface area contributed by atoms with Gasteiger partial charge in [0, 0.05) is 25.7 Å². The third-order valence-corrected chi connectivity index (χ3v) is 3.75. The average Bonchev–Trinajstić information content (AvgIpc) is 2.57. The largest absolute Gasteiger partial charge is 0.356 e. The molecule has 2 nitrogen and oxygen atoms in total. The van der Waals surface area contributed by atoms with Crippen molar-refractivity contribution in [3.8, 4) is 11.1 Å². The van der Waals surface area contributed by atoms with Crippen molar-refractivity contribution >= 4 is 5.84 Å². The molecule has 0 unspecified atom stereocenters. The molecule has 0 atom stereocenters. The summed E-state index contributed by atoms with van der Waals surface area (Å²) in [6, 6.07) is 19.2. The molecule has 0 aliphatic carbocycles. The smallest absolute Gasteiger partial charge is 0.130 e. The van der Waals surface area contributed by atoms with Gasteiger partial charge < -0.3 is 4.90 Å². The molecule has 0 radical (unpaired) electrons. The standard InChI is InChI=1S/C20H26N2/c1-4-15-22(16-5-2)20(21-3)19-13-11-18(12-14-19)17-9-7-6-8-10-17/h6-14H,4-5,15-16H2,1-3H3. The molecule has 0 aliphatic heterocycles. The van der Waals surface area contributed by atoms with Crippen LogP contribution in [0, 0.1) is 0 Å². The van der Waals surface area contributed by atoms with Crippen LogP contribution in [0.2, 0.25) is 0 Å². The van der Waals surface area contributed by atoms with Crippen molar-refractivity contribution in [3.63, 3.8) is 0 Å². The Bertz CT molecular complexity index is 579. The van der Waals surface area contributed by atoms with E-state index in [0.29, 0.717) is 0 Å². The van der Waals surface area contributed by atoms with E-state index in [1.165, 1.54) is 16.7 Å². The summed E-state index contributed by atoms with van der Waals surface area (Å²) >= 11 is 0. The molecule has 2 heteroatoms. The molecule has 0 N–H and O–H groups in total. The van der Waals surface area contributed by atoms with E-state index < -0.39 is 0 Å². The minimum absolute atomic E-state index is 1.06. The summed E-state index contributed by atoms with van der Waals surface area (Å²) in [4.78, 5) is 6.93. The molecule has 2 aromatic carbocycles. The van der Waals surface area contributed by atoms with Gasteiger partial charge in [0.2, 0.25) is 0 Å². The lowest BCUT2D eigenvalue weighted by Gasteiger charge is -2.25. The van der Waals surface area contributed by atoms with E-state index in [-0.39, 0.29) is 0 Å². The van der Waals surface area contributed by atoms with Crippen LogP contribution >= 0.6 is 0 Å². The van der Waals surface area contributed by atoms with Gasteiger partial charge in [-0.25, -0.2) is 0 Å². The number of amidine groups is 1. The fraction of sp³-hybridized carbons (Fsp3) is 0.350. The monoisotopic (exact) mass is 294 g/mol. The summed E-state index contributed by atoms with van der Waals surface area (Å²) in [6.45, 7) is 6.55. The van der Waals surface area contributed by atoms with Crippen LogP contribution < -0.4 is 0 Å². The Labute approximate surface area is 134 Å². The molecular weight excluding hydrogens is 268 g/mol. The van der Waals surface area contributed by atoms with Crippen molar-refractivity contribution in [2.75, 3.05) is 20.1 Å². The molecule has 0 aliphatic rings. The van der Waals surface area contributed by atoms with Crippen molar-refractivity contribution < 1.29 is 0 Å². The van der Waals surface area contributed by atoms with Crippen LogP contribution in [0.1, 0.15) is 32.3 Å². The second-order valence-corrected chi connectivity index (χ2v) is 5.48. The Kier molecular flexibility index (Phi) is 6.20. The zero-order valence-corrected chi connectivity index (χ0v) is 13.9. The Morgan fingerprint density at radius 2 is 1.36 bits per heavy atom.